The Morgan fingerprint density at radius 3 is 1.79 bits per heavy atom. The third-order valence-corrected chi connectivity index (χ3v) is 12.4. The number of halogens is 2. The van der Waals surface area contributed by atoms with Crippen LogP contribution in [0.3, 0.4) is 0 Å². The third-order valence-electron chi connectivity index (χ3n) is 3.49. The molecular weight excluding hydrogens is 502 g/mol. The van der Waals surface area contributed by atoms with Crippen molar-refractivity contribution in [1.82, 2.24) is 0 Å². The van der Waals surface area contributed by atoms with Gasteiger partial charge in [-0.1, -0.05) is 36.4 Å². The van der Waals surface area contributed by atoms with Crippen LogP contribution in [0.15, 0.2) is 72.8 Å². The quantitative estimate of drug-likeness (QED) is 0.218. The van der Waals surface area contributed by atoms with Crippen LogP contribution in [0, 0.1) is 6.08 Å². The molecule has 0 fully saturated rings. The first-order valence-electron chi connectivity index (χ1n) is 7.83. The van der Waals surface area contributed by atoms with Gasteiger partial charge in [0, 0.05) is 0 Å². The number of allylic oxidation sites excluding steroid dienone is 4. The second-order valence-corrected chi connectivity index (χ2v) is 18.8. The first-order chi connectivity index (χ1) is 11.6. The molecule has 124 valence electrons. The first-order valence-corrected chi connectivity index (χ1v) is 18.5. The zero-order valence-corrected chi connectivity index (χ0v) is 19.0. The van der Waals surface area contributed by atoms with Crippen LogP contribution in [-0.4, -0.2) is 3.26 Å². The van der Waals surface area contributed by atoms with Crippen LogP contribution in [0.4, 0.5) is 0 Å². The van der Waals surface area contributed by atoms with Gasteiger partial charge in [-0.3, -0.25) is 6.08 Å². The summed E-state index contributed by atoms with van der Waals surface area (Å²) in [5.74, 6) is 0. The maximum Gasteiger partial charge on any atom is -0.0771 e. The van der Waals surface area contributed by atoms with E-state index < -0.39 is 18.6 Å². The standard InChI is InChI=1S/C13H9.C5H5.C3H6.2ClH.Hf/c1-3-7-12-10(5-1)9-11-6-2-4-8-13(11)12;1-2-4-5-3-1;1-3-2;;;/h1-9H;1-3H,4H2;1-2H3;2*1H;/q2*-1;;;;+2/p-2. The number of hydrogen-bond donors (Lipinski definition) is 0. The minimum Gasteiger partial charge on any atom is -0.273 e. The van der Waals surface area contributed by atoms with Crippen molar-refractivity contribution in [3.8, 4) is 0 Å². The van der Waals surface area contributed by atoms with E-state index in [-0.39, 0.29) is 0 Å². The molecule has 0 aliphatic heterocycles. The van der Waals surface area contributed by atoms with Crippen LogP contribution in [0.25, 0.3) is 21.5 Å². The normalized spacial score (nSPS) is 11.7. The maximum atomic E-state index is 5.55. The molecule has 0 N–H and O–H groups in total. The van der Waals surface area contributed by atoms with Gasteiger partial charge in [0.15, 0.2) is 0 Å². The first kappa shape index (κ1) is 19.4. The summed E-state index contributed by atoms with van der Waals surface area (Å²) in [6, 6.07) is 19.3. The minimum absolute atomic E-state index is 1.01. The van der Waals surface area contributed by atoms with Gasteiger partial charge in [-0.15, -0.1) is 46.2 Å². The molecule has 3 aromatic carbocycles. The van der Waals surface area contributed by atoms with E-state index in [4.69, 9.17) is 17.2 Å². The average Bonchev–Trinajstić information content (AvgIpc) is 3.26. The van der Waals surface area contributed by atoms with E-state index >= 15 is 0 Å². The van der Waals surface area contributed by atoms with E-state index in [1.807, 2.05) is 26.0 Å². The average molecular weight is 522 g/mol. The fraction of sp³-hybridized carbons (Fsp3) is 0.143. The molecule has 24 heavy (non-hydrogen) atoms. The van der Waals surface area contributed by atoms with E-state index in [1.165, 1.54) is 24.8 Å². The van der Waals surface area contributed by atoms with E-state index in [2.05, 4.69) is 66.7 Å². The van der Waals surface area contributed by atoms with Crippen molar-refractivity contribution in [2.24, 2.45) is 0 Å². The predicted octanol–water partition coefficient (Wildman–Crippen LogP) is 7.14. The van der Waals surface area contributed by atoms with Gasteiger partial charge in [0.2, 0.25) is 0 Å². The van der Waals surface area contributed by atoms with Crippen LogP contribution < -0.4 is 0 Å². The topological polar surface area (TPSA) is 0 Å². The summed E-state index contributed by atoms with van der Waals surface area (Å²) in [6.45, 7) is 3.98. The molecule has 0 bridgehead atoms. The number of rotatable bonds is 0. The SMILES string of the molecule is C[C](C)=[Hf]([Cl])[Cl].[C-]1=CC=CC1.c1ccc2c(c1)[cH-]c1ccccc12. The van der Waals surface area contributed by atoms with Gasteiger partial charge in [0.25, 0.3) is 0 Å². The molecule has 0 amide bonds. The molecule has 0 heterocycles. The van der Waals surface area contributed by atoms with E-state index in [9.17, 15) is 0 Å². The van der Waals surface area contributed by atoms with Gasteiger partial charge in [-0.2, -0.15) is 6.08 Å². The number of hydrogen-bond acceptors (Lipinski definition) is 0. The Hall–Kier alpha value is -0.890. The van der Waals surface area contributed by atoms with Crippen molar-refractivity contribution in [1.29, 1.82) is 0 Å². The molecule has 1 aliphatic carbocycles. The molecule has 1 aliphatic rings. The smallest absolute Gasteiger partial charge is 0.0771 e. The van der Waals surface area contributed by atoms with Gasteiger partial charge >= 0.3 is 52.8 Å². The van der Waals surface area contributed by atoms with Gasteiger partial charge in [-0.05, 0) is 0 Å². The van der Waals surface area contributed by atoms with Gasteiger partial charge in [0.1, 0.15) is 0 Å². The van der Waals surface area contributed by atoms with Crippen molar-refractivity contribution in [2.75, 3.05) is 0 Å². The van der Waals surface area contributed by atoms with E-state index in [0.29, 0.717) is 0 Å². The van der Waals surface area contributed by atoms with Gasteiger partial charge in [0.05, 0.1) is 0 Å². The molecule has 0 aromatic heterocycles. The summed E-state index contributed by atoms with van der Waals surface area (Å²) in [5.41, 5.74) is 0. The van der Waals surface area contributed by atoms with Crippen LogP contribution in [0.2, 0.25) is 0 Å². The molecule has 0 atom stereocenters. The van der Waals surface area contributed by atoms with E-state index in [1.54, 1.807) is 0 Å². The molecule has 4 rings (SSSR count). The summed E-state index contributed by atoms with van der Waals surface area (Å²) in [5, 5.41) is 5.39. The van der Waals surface area contributed by atoms with E-state index in [0.717, 1.165) is 6.42 Å². The minimum atomic E-state index is -1.97. The van der Waals surface area contributed by atoms with Crippen molar-refractivity contribution in [3.05, 3.63) is 78.9 Å². The van der Waals surface area contributed by atoms with Crippen LogP contribution in [0.1, 0.15) is 20.3 Å². The Morgan fingerprint density at radius 2 is 1.46 bits per heavy atom. The van der Waals surface area contributed by atoms with Crippen molar-refractivity contribution < 1.29 is 18.6 Å². The summed E-state index contributed by atoms with van der Waals surface area (Å²) >= 11 is -1.97. The van der Waals surface area contributed by atoms with Gasteiger partial charge < -0.3 is 0 Å². The Labute approximate surface area is 158 Å². The molecule has 0 saturated heterocycles. The van der Waals surface area contributed by atoms with Crippen LogP contribution in [0.5, 0.6) is 0 Å². The third kappa shape index (κ3) is 5.88. The Morgan fingerprint density at radius 1 is 0.958 bits per heavy atom. The maximum absolute atomic E-state index is 5.55. The summed E-state index contributed by atoms with van der Waals surface area (Å²) in [6.07, 6.45) is 10.0. The molecule has 3 aromatic rings. The largest absolute Gasteiger partial charge is 0.273 e. The molecule has 3 heteroatoms. The van der Waals surface area contributed by atoms with Gasteiger partial charge in [-0.25, -0.2) is 12.2 Å². The summed E-state index contributed by atoms with van der Waals surface area (Å²) in [7, 11) is 11.1. The van der Waals surface area contributed by atoms with Crippen LogP contribution in [-0.2, 0) is 18.6 Å². The molecule has 0 unspecified atom stereocenters. The number of fused-ring (bicyclic) bond motifs is 3. The molecule has 0 nitrogen and oxygen atoms in total. The van der Waals surface area contributed by atoms with Crippen molar-refractivity contribution in [3.63, 3.8) is 0 Å². The van der Waals surface area contributed by atoms with Crippen molar-refractivity contribution in [2.45, 2.75) is 20.3 Å². The fourth-order valence-corrected chi connectivity index (χ4v) is 2.24. The Kier molecular flexibility index (Phi) is 8.24. The Balaban J connectivity index is 0.000000159. The predicted molar refractivity (Wildman–Crippen MR) is 107 cm³/mol. The molecular formula is C21H20Cl2Hf-2. The molecule has 0 radical (unpaired) electrons. The zero-order valence-electron chi connectivity index (χ0n) is 13.9. The second-order valence-electron chi connectivity index (χ2n) is 5.58. The molecule has 0 spiro atoms. The molecule has 0 saturated carbocycles. The fourth-order valence-electron chi connectivity index (χ4n) is 2.24. The monoisotopic (exact) mass is 522 g/mol. The summed E-state index contributed by atoms with van der Waals surface area (Å²) < 4.78 is 1.25. The van der Waals surface area contributed by atoms with Crippen molar-refractivity contribution >= 4 is 42.0 Å². The van der Waals surface area contributed by atoms with Crippen LogP contribution >= 0.6 is 17.2 Å². The summed E-state index contributed by atoms with van der Waals surface area (Å²) in [4.78, 5) is 0. The Bertz CT molecular complexity index is 807. The zero-order chi connectivity index (χ0) is 17.4. The number of benzene rings is 2. The second kappa shape index (κ2) is 10.2.